The highest BCUT2D eigenvalue weighted by molar-refractivity contribution is 5.78. The van der Waals surface area contributed by atoms with Crippen molar-refractivity contribution >= 4 is 12.1 Å². The van der Waals surface area contributed by atoms with Crippen LogP contribution >= 0.6 is 0 Å². The lowest BCUT2D eigenvalue weighted by Crippen LogP contribution is -2.10. The van der Waals surface area contributed by atoms with Crippen molar-refractivity contribution in [3.63, 3.8) is 0 Å². The number of nitrogens with zero attached hydrogens (tertiary/aromatic N) is 1. The summed E-state index contributed by atoms with van der Waals surface area (Å²) in [5.41, 5.74) is 0. The Morgan fingerprint density at radius 3 is 2.21 bits per heavy atom. The molecule has 1 atom stereocenters. The average Bonchev–Trinajstić information content (AvgIpc) is 3.39. The number of carbonyl (C=O) groups is 2. The zero-order valence-corrected chi connectivity index (χ0v) is 23.2. The van der Waals surface area contributed by atoms with E-state index in [-0.39, 0.29) is 12.7 Å². The second kappa shape index (κ2) is 33.6. The van der Waals surface area contributed by atoms with Crippen molar-refractivity contribution in [2.45, 2.75) is 137 Å². The first-order valence-electron chi connectivity index (χ1n) is 13.6. The zero-order chi connectivity index (χ0) is 26.3. The van der Waals surface area contributed by atoms with Gasteiger partial charge in [0.05, 0.1) is 6.10 Å². The fourth-order valence-corrected chi connectivity index (χ4v) is 3.40. The Morgan fingerprint density at radius 2 is 1.68 bits per heavy atom. The van der Waals surface area contributed by atoms with E-state index in [0.29, 0.717) is 12.2 Å². The average molecular weight is 486 g/mol. The summed E-state index contributed by atoms with van der Waals surface area (Å²) in [6, 6.07) is 0. The van der Waals surface area contributed by atoms with Crippen molar-refractivity contribution in [2.75, 3.05) is 13.7 Å². The molecule has 0 radical (unpaired) electrons. The van der Waals surface area contributed by atoms with E-state index in [0.717, 1.165) is 44.3 Å². The van der Waals surface area contributed by atoms with E-state index in [1.807, 2.05) is 26.8 Å². The molecule has 0 spiro atoms. The van der Waals surface area contributed by atoms with Gasteiger partial charge in [0.2, 0.25) is 0 Å². The summed E-state index contributed by atoms with van der Waals surface area (Å²) in [5, 5.41) is 2.19. The molecule has 0 aliphatic heterocycles. The molecule has 0 aromatic rings. The molecule has 6 nitrogen and oxygen atoms in total. The van der Waals surface area contributed by atoms with Gasteiger partial charge in [-0.1, -0.05) is 84.3 Å². The summed E-state index contributed by atoms with van der Waals surface area (Å²) >= 11 is 0. The molecule has 1 unspecified atom stereocenters. The van der Waals surface area contributed by atoms with Crippen LogP contribution in [0.4, 0.5) is 0 Å². The Bertz CT molecular complexity index is 448. The van der Waals surface area contributed by atoms with Crippen LogP contribution in [0.15, 0.2) is 17.5 Å². The van der Waals surface area contributed by atoms with Crippen molar-refractivity contribution < 1.29 is 19.2 Å². The third-order valence-electron chi connectivity index (χ3n) is 5.56. The standard InChI is InChI=1S/C15H28O.C7H12O.C4H9NO3.C2H6/c1-2-3-4-5-6-11-15(16)13-12-14-9-7-8-10-14;1-2-3-4-5-6-7-8;1-4(7-2)3-8-5-6;1-2/h14H,2-13H2,1H3;2-3,7H,4-6H2,1H3;4H,3H2,1-2H3;1-2H3/b;3-2-;;. The number of rotatable bonds is 17. The van der Waals surface area contributed by atoms with Crippen LogP contribution in [0, 0.1) is 10.8 Å². The second-order valence-electron chi connectivity index (χ2n) is 8.48. The Morgan fingerprint density at radius 1 is 1.03 bits per heavy atom. The summed E-state index contributed by atoms with van der Waals surface area (Å²) in [6.07, 6.45) is 22.4. The molecule has 1 saturated carbocycles. The van der Waals surface area contributed by atoms with E-state index < -0.39 is 0 Å². The maximum Gasteiger partial charge on any atom is 0.155 e. The lowest BCUT2D eigenvalue weighted by atomic mass is 9.98. The van der Waals surface area contributed by atoms with Gasteiger partial charge in [-0.15, -0.1) is 4.91 Å². The fourth-order valence-electron chi connectivity index (χ4n) is 3.40. The number of ether oxygens (including phenoxy) is 1. The van der Waals surface area contributed by atoms with Crippen molar-refractivity contribution in [3.8, 4) is 0 Å². The lowest BCUT2D eigenvalue weighted by Gasteiger charge is -2.07. The SMILES string of the molecule is C/C=C\CCCC=O.CC.CCCCCCCC(=O)CCC1CCCC1.COC(C)CON=O. The Kier molecular flexibility index (Phi) is 36.6. The van der Waals surface area contributed by atoms with Gasteiger partial charge in [-0.25, -0.2) is 0 Å². The minimum absolute atomic E-state index is 0.0623. The highest BCUT2D eigenvalue weighted by Crippen LogP contribution is 2.28. The van der Waals surface area contributed by atoms with E-state index in [1.165, 1.54) is 57.8 Å². The summed E-state index contributed by atoms with van der Waals surface area (Å²) in [5.74, 6) is 1.40. The van der Waals surface area contributed by atoms with Crippen LogP contribution in [0.1, 0.15) is 131 Å². The number of carbonyl (C=O) groups excluding carboxylic acids is 2. The molecular weight excluding hydrogens is 430 g/mol. The number of hydrogen-bond acceptors (Lipinski definition) is 6. The highest BCUT2D eigenvalue weighted by Gasteiger charge is 2.15. The van der Waals surface area contributed by atoms with Gasteiger partial charge >= 0.3 is 0 Å². The molecule has 0 amide bonds. The van der Waals surface area contributed by atoms with Crippen LogP contribution < -0.4 is 0 Å². The topological polar surface area (TPSA) is 82.0 Å². The lowest BCUT2D eigenvalue weighted by molar-refractivity contribution is -0.119. The first-order valence-corrected chi connectivity index (χ1v) is 13.6. The highest BCUT2D eigenvalue weighted by atomic mass is 16.7. The van der Waals surface area contributed by atoms with Crippen molar-refractivity contribution in [1.29, 1.82) is 0 Å². The molecule has 0 aromatic carbocycles. The number of allylic oxidation sites excluding steroid dienone is 2. The van der Waals surface area contributed by atoms with Gasteiger partial charge in [-0.05, 0) is 45.4 Å². The van der Waals surface area contributed by atoms with Gasteiger partial charge in [0, 0.05) is 26.4 Å². The van der Waals surface area contributed by atoms with E-state index in [2.05, 4.69) is 23.2 Å². The maximum atomic E-state index is 11.6. The van der Waals surface area contributed by atoms with E-state index >= 15 is 0 Å². The molecule has 1 aliphatic carbocycles. The molecule has 0 bridgehead atoms. The largest absolute Gasteiger partial charge is 0.378 e. The first kappa shape index (κ1) is 37.0. The first-order chi connectivity index (χ1) is 16.5. The molecule has 1 rings (SSSR count). The van der Waals surface area contributed by atoms with Gasteiger partial charge in [0.1, 0.15) is 18.7 Å². The molecule has 202 valence electrons. The van der Waals surface area contributed by atoms with Gasteiger partial charge in [-0.2, -0.15) is 0 Å². The zero-order valence-electron chi connectivity index (χ0n) is 23.2. The van der Waals surface area contributed by atoms with E-state index in [9.17, 15) is 14.5 Å². The Balaban J connectivity index is -0.000000452. The van der Waals surface area contributed by atoms with Crippen LogP contribution in [0.2, 0.25) is 0 Å². The molecule has 0 heterocycles. The summed E-state index contributed by atoms with van der Waals surface area (Å²) in [6.45, 7) is 10.2. The molecule has 34 heavy (non-hydrogen) atoms. The van der Waals surface area contributed by atoms with Crippen LogP contribution in [0.25, 0.3) is 0 Å². The molecule has 0 N–H and O–H groups in total. The number of methoxy groups -OCH3 is 1. The predicted octanol–water partition coefficient (Wildman–Crippen LogP) is 8.56. The summed E-state index contributed by atoms with van der Waals surface area (Å²) in [4.78, 5) is 34.8. The number of hydrogen-bond donors (Lipinski definition) is 0. The van der Waals surface area contributed by atoms with Crippen LogP contribution in [-0.4, -0.2) is 31.9 Å². The van der Waals surface area contributed by atoms with Gasteiger partial charge in [-0.3, -0.25) is 4.79 Å². The number of unbranched alkanes of at least 4 members (excludes halogenated alkanes) is 6. The van der Waals surface area contributed by atoms with Gasteiger partial charge < -0.3 is 14.4 Å². The Labute approximate surface area is 210 Å². The third-order valence-corrected chi connectivity index (χ3v) is 5.56. The van der Waals surface area contributed by atoms with E-state index in [4.69, 9.17) is 4.74 Å². The van der Waals surface area contributed by atoms with Crippen molar-refractivity contribution in [1.82, 2.24) is 0 Å². The van der Waals surface area contributed by atoms with Gasteiger partial charge in [0.15, 0.2) is 5.34 Å². The quantitative estimate of drug-likeness (QED) is 0.0677. The van der Waals surface area contributed by atoms with Gasteiger partial charge in [0.25, 0.3) is 0 Å². The van der Waals surface area contributed by atoms with Crippen molar-refractivity contribution in [2.24, 2.45) is 11.3 Å². The van der Waals surface area contributed by atoms with Crippen molar-refractivity contribution in [3.05, 3.63) is 17.1 Å². The summed E-state index contributed by atoms with van der Waals surface area (Å²) in [7, 11) is 1.54. The maximum absolute atomic E-state index is 11.6. The Hall–Kier alpha value is -1.56. The predicted molar refractivity (Wildman–Crippen MR) is 144 cm³/mol. The monoisotopic (exact) mass is 485 g/mol. The van der Waals surface area contributed by atoms with E-state index in [1.54, 1.807) is 14.0 Å². The smallest absolute Gasteiger partial charge is 0.155 e. The molecule has 1 aliphatic rings. The van der Waals surface area contributed by atoms with Crippen LogP contribution in [-0.2, 0) is 19.2 Å². The number of ketones is 1. The van der Waals surface area contributed by atoms with Crippen LogP contribution in [0.5, 0.6) is 0 Å². The normalized spacial score (nSPS) is 13.5. The molecule has 1 fully saturated rings. The molecular formula is C28H55NO5. The molecule has 0 aromatic heterocycles. The fraction of sp³-hybridized carbons (Fsp3) is 0.857. The third kappa shape index (κ3) is 32.6. The minimum Gasteiger partial charge on any atom is -0.378 e. The molecule has 6 heteroatoms. The number of Topliss-reactive ketones (excluding diaryl/α,β-unsaturated/α-hetero) is 1. The minimum atomic E-state index is -0.0623. The number of aldehydes is 1. The molecule has 0 saturated heterocycles. The summed E-state index contributed by atoms with van der Waals surface area (Å²) < 4.78 is 4.73. The van der Waals surface area contributed by atoms with Crippen LogP contribution in [0.3, 0.4) is 0 Å². The second-order valence-corrected chi connectivity index (χ2v) is 8.48.